The summed E-state index contributed by atoms with van der Waals surface area (Å²) in [5, 5.41) is 45.8. The minimum Gasteiger partial charge on any atom is -0.490 e. The first-order valence-electron chi connectivity index (χ1n) is 35.6. The molecular weight excluding hydrogens is 1350 g/mol. The van der Waals surface area contributed by atoms with Crippen LogP contribution in [0.15, 0.2) is 128 Å². The molecular formula is C77H99N13O15. The van der Waals surface area contributed by atoms with Gasteiger partial charge in [0.05, 0.1) is 50.8 Å². The summed E-state index contributed by atoms with van der Waals surface area (Å²) in [5.41, 5.74) is 0.315. The van der Waals surface area contributed by atoms with E-state index in [1.165, 1.54) is 27.8 Å². The molecule has 0 saturated carbocycles. The number of hydrogen-bond acceptors (Lipinski definition) is 18. The Hall–Kier alpha value is -10.2. The Bertz CT molecular complexity index is 4130. The van der Waals surface area contributed by atoms with Gasteiger partial charge in [0, 0.05) is 38.9 Å². The van der Waals surface area contributed by atoms with Gasteiger partial charge in [0.2, 0.25) is 47.3 Å². The van der Waals surface area contributed by atoms with Crippen molar-refractivity contribution < 1.29 is 72.0 Å². The molecule has 12 atom stereocenters. The second-order valence-corrected chi connectivity index (χ2v) is 29.2. The number of fused-ring (bicyclic) bond motifs is 22. The molecule has 5 heterocycles. The third kappa shape index (κ3) is 20.6. The molecule has 4 bridgehead atoms. The number of nitrogens with one attached hydrogen (secondary N) is 8. The maximum absolute atomic E-state index is 15.4. The average Bonchev–Trinajstić information content (AvgIpc) is 1.68. The number of likely N-dealkylation sites (N-methyl/N-ethyl adjacent to an activating group) is 2. The number of benzene rings is 5. The van der Waals surface area contributed by atoms with E-state index in [2.05, 4.69) is 52.8 Å². The van der Waals surface area contributed by atoms with Gasteiger partial charge in [-0.15, -0.1) is 5.10 Å². The number of aromatic nitrogens is 3. The zero-order chi connectivity index (χ0) is 75.9. The van der Waals surface area contributed by atoms with Gasteiger partial charge in [-0.05, 0) is 114 Å². The summed E-state index contributed by atoms with van der Waals surface area (Å²) in [4.78, 5) is 148. The fraction of sp³-hybridized carbons (Fsp3) is 0.481. The van der Waals surface area contributed by atoms with E-state index in [1.54, 1.807) is 106 Å². The van der Waals surface area contributed by atoms with Crippen molar-refractivity contribution in [3.63, 3.8) is 0 Å². The molecule has 1 aromatic heterocycles. The predicted octanol–water partition coefficient (Wildman–Crippen LogP) is 3.60. The molecule has 10 rings (SSSR count). The summed E-state index contributed by atoms with van der Waals surface area (Å²) < 4.78 is 25.7. The smallest absolute Gasteiger partial charge is 0.328 e. The van der Waals surface area contributed by atoms with Crippen molar-refractivity contribution in [2.45, 2.75) is 180 Å². The van der Waals surface area contributed by atoms with Crippen LogP contribution in [0.5, 0.6) is 5.75 Å². The van der Waals surface area contributed by atoms with E-state index in [-0.39, 0.29) is 83.7 Å². The molecule has 28 heteroatoms. The second-order valence-electron chi connectivity index (χ2n) is 29.2. The molecule has 4 aliphatic heterocycles. The van der Waals surface area contributed by atoms with Gasteiger partial charge in [-0.2, -0.15) is 0 Å². The maximum atomic E-state index is 15.4. The monoisotopic (exact) mass is 1450 g/mol. The molecule has 6 aromatic rings. The highest BCUT2D eigenvalue weighted by Gasteiger charge is 2.50. The quantitative estimate of drug-likeness (QED) is 0.0555. The van der Waals surface area contributed by atoms with Crippen LogP contribution >= 0.6 is 0 Å². The van der Waals surface area contributed by atoms with Crippen LogP contribution in [0.25, 0.3) is 21.5 Å². The number of likely N-dealkylation sites (tertiary alicyclic amines) is 2. The number of carboxylic acids is 1. The Balaban J connectivity index is 1.06. The van der Waals surface area contributed by atoms with Crippen LogP contribution in [-0.2, 0) is 94.6 Å². The van der Waals surface area contributed by atoms with Crippen molar-refractivity contribution in [3.05, 3.63) is 150 Å². The lowest BCUT2D eigenvalue weighted by atomic mass is 9.85. The minimum absolute atomic E-state index is 0.0296. The molecule has 2 unspecified atom stereocenters. The molecule has 562 valence electrons. The van der Waals surface area contributed by atoms with E-state index >= 15 is 24.0 Å². The van der Waals surface area contributed by atoms with Crippen molar-refractivity contribution in [1.29, 1.82) is 0 Å². The molecule has 5 aromatic carbocycles. The molecule has 4 aliphatic rings. The summed E-state index contributed by atoms with van der Waals surface area (Å²) in [7, 11) is 4.39. The summed E-state index contributed by atoms with van der Waals surface area (Å²) in [6, 6.07) is 21.0. The van der Waals surface area contributed by atoms with E-state index in [0.29, 0.717) is 22.4 Å². The predicted molar refractivity (Wildman–Crippen MR) is 390 cm³/mol. The highest BCUT2D eigenvalue weighted by Crippen LogP contribution is 2.31. The maximum Gasteiger partial charge on any atom is 0.328 e. The number of aliphatic carboxylic acids is 1. The van der Waals surface area contributed by atoms with Crippen molar-refractivity contribution in [2.24, 2.45) is 10.8 Å². The molecule has 28 nitrogen and oxygen atoms in total. The molecule has 8 amide bonds. The fourth-order valence-electron chi connectivity index (χ4n) is 13.1. The summed E-state index contributed by atoms with van der Waals surface area (Å²) >= 11 is 0. The van der Waals surface area contributed by atoms with Crippen molar-refractivity contribution in [1.82, 2.24) is 67.3 Å². The normalized spacial score (nSPS) is 22.9. The van der Waals surface area contributed by atoms with E-state index in [4.69, 9.17) is 18.9 Å². The Morgan fingerprint density at radius 3 is 1.54 bits per heavy atom. The minimum atomic E-state index is -1.50. The van der Waals surface area contributed by atoms with Crippen LogP contribution in [0, 0.1) is 10.8 Å². The number of ether oxygens (including phenoxy) is 4. The number of aryl methyl sites for hydroxylation is 1. The van der Waals surface area contributed by atoms with E-state index in [1.807, 2.05) is 84.9 Å². The number of methoxy groups -OCH3 is 1. The molecule has 0 radical (unpaired) electrons. The van der Waals surface area contributed by atoms with Gasteiger partial charge in [-0.25, -0.2) is 9.59 Å². The SMILES string of the molecule is CN[C@@H](C)C(=O)N[C@H](C(=O)N1CCC2OC/C=C/COc3ccc(cc3)C[C@@H](C(=O)O)NC(=O)[C@H](Cc3ccc4ccccc4c3)NC(=O)[C@@H]3[C@@H](CCN3C(=O)[C@@H](NC(=O)[C@H](C)NC)C(C)(C)C)OCc3cn(nn3)CC[C@@H](C(=O)OC)NC(=O)[C@H](Cc3ccc4ccccc4c3)NC(=O)C21)C(C)(C)C. The summed E-state index contributed by atoms with van der Waals surface area (Å²) in [5.74, 6) is -6.95. The number of amides is 8. The number of rotatable bonds is 14. The van der Waals surface area contributed by atoms with Crippen LogP contribution in [-0.4, -0.2) is 209 Å². The van der Waals surface area contributed by atoms with Gasteiger partial charge in [0.1, 0.15) is 66.4 Å². The Kier molecular flexibility index (Phi) is 26.7. The first-order valence-corrected chi connectivity index (χ1v) is 35.6. The molecule has 0 aliphatic carbocycles. The summed E-state index contributed by atoms with van der Waals surface area (Å²) in [6.45, 7) is 13.7. The lowest BCUT2D eigenvalue weighted by Crippen LogP contribution is -2.62. The van der Waals surface area contributed by atoms with E-state index < -0.39 is 143 Å². The fourth-order valence-corrected chi connectivity index (χ4v) is 13.1. The Morgan fingerprint density at radius 2 is 1.07 bits per heavy atom. The van der Waals surface area contributed by atoms with Crippen molar-refractivity contribution in [2.75, 3.05) is 47.5 Å². The second kappa shape index (κ2) is 35.5. The average molecular weight is 1450 g/mol. The first kappa shape index (κ1) is 79.0. The van der Waals surface area contributed by atoms with Gasteiger partial charge < -0.3 is 76.4 Å². The van der Waals surface area contributed by atoms with Crippen molar-refractivity contribution >= 4 is 80.7 Å². The Labute approximate surface area is 611 Å². The van der Waals surface area contributed by atoms with Crippen LogP contribution in [0.1, 0.15) is 97.0 Å². The van der Waals surface area contributed by atoms with Crippen LogP contribution < -0.4 is 47.3 Å². The van der Waals surface area contributed by atoms with Crippen LogP contribution in [0.4, 0.5) is 0 Å². The molecule has 9 N–H and O–H groups in total. The largest absolute Gasteiger partial charge is 0.490 e. The lowest BCUT2D eigenvalue weighted by molar-refractivity contribution is -0.147. The van der Waals surface area contributed by atoms with Gasteiger partial charge in [-0.3, -0.25) is 43.0 Å². The van der Waals surface area contributed by atoms with Crippen LogP contribution in [0.3, 0.4) is 0 Å². The summed E-state index contributed by atoms with van der Waals surface area (Å²) in [6.07, 6.45) is 2.72. The van der Waals surface area contributed by atoms with Gasteiger partial charge in [-0.1, -0.05) is 150 Å². The Morgan fingerprint density at radius 1 is 0.590 bits per heavy atom. The third-order valence-electron chi connectivity index (χ3n) is 19.4. The molecule has 105 heavy (non-hydrogen) atoms. The number of hydrogen-bond donors (Lipinski definition) is 9. The van der Waals surface area contributed by atoms with E-state index in [0.717, 1.165) is 21.5 Å². The van der Waals surface area contributed by atoms with E-state index in [9.17, 15) is 29.1 Å². The number of carbonyl (C=O) groups excluding carboxylic acids is 9. The molecule has 2 fully saturated rings. The van der Waals surface area contributed by atoms with Crippen LogP contribution in [0.2, 0.25) is 0 Å². The number of nitrogens with zero attached hydrogens (tertiary/aromatic N) is 5. The number of carbonyl (C=O) groups is 10. The number of esters is 1. The van der Waals surface area contributed by atoms with Gasteiger partial charge in [0.25, 0.3) is 0 Å². The molecule has 0 spiro atoms. The first-order chi connectivity index (χ1) is 50.0. The van der Waals surface area contributed by atoms with Gasteiger partial charge in [0.15, 0.2) is 0 Å². The standard InChI is InChI=1S/C77H99N13O15/c1-45(78-9)66(91)84-64(76(3,4)5)72(97)89-34-31-60-62(89)70(95)81-57(41-48-22-26-50-18-12-14-20-52(50)38-48)68(93)80-56(75(101)102-11)30-33-88-43-54(86-87-88)44-105-61-32-35-90(73(98)65(77(6,7)8)85-67(92)46(2)79-10)63(61)71(96)82-58(42-49-23-27-51-19-13-15-21-53(51)39-49)69(94)83-59(74(99)100)40-47-24-28-55(29-25-47)103-36-16-17-37-104-60/h12-29,38-39,43,45-46,56-65,78-79H,30-37,40-42,44H2,1-11H3,(H,80,93)(H,81,95)(H,82,96)(H,83,94)(H,84,91)(H,85,92)(H,99,100)/b17-16+/t45-,46-,56-,57-,58-,59-,60?,61+,62?,63-,64+,65+/m0/s1. The topological polar surface area (TPSA) is 361 Å². The van der Waals surface area contributed by atoms with Crippen molar-refractivity contribution in [3.8, 4) is 5.75 Å². The number of carboxylic acid groups (broad SMARTS) is 1. The highest BCUT2D eigenvalue weighted by atomic mass is 16.5. The third-order valence-corrected chi connectivity index (χ3v) is 19.4. The lowest BCUT2D eigenvalue weighted by Gasteiger charge is -2.37. The van der Waals surface area contributed by atoms with Gasteiger partial charge >= 0.3 is 11.9 Å². The molecule has 2 saturated heterocycles. The highest BCUT2D eigenvalue weighted by molar-refractivity contribution is 5.99. The zero-order valence-electron chi connectivity index (χ0n) is 61.4. The zero-order valence-corrected chi connectivity index (χ0v) is 61.4.